The highest BCUT2D eigenvalue weighted by Gasteiger charge is 2.17. The number of nitrogens with zero attached hydrogens (tertiary/aromatic N) is 1. The van der Waals surface area contributed by atoms with Crippen LogP contribution < -0.4 is 10.6 Å². The topological polar surface area (TPSA) is 91.3 Å². The zero-order chi connectivity index (χ0) is 19.9. The number of halogens is 1. The maximum absolute atomic E-state index is 12.3. The number of anilines is 1. The smallest absolute Gasteiger partial charge is 0.269 e. The van der Waals surface area contributed by atoms with Crippen molar-refractivity contribution in [2.45, 2.75) is 38.5 Å². The van der Waals surface area contributed by atoms with Crippen molar-refractivity contribution >= 4 is 29.1 Å². The molecule has 148 valence electrons. The molecule has 0 spiro atoms. The molecule has 28 heavy (non-hydrogen) atoms. The zero-order valence-electron chi connectivity index (χ0n) is 15.6. The van der Waals surface area contributed by atoms with Gasteiger partial charge < -0.3 is 15.7 Å². The molecule has 6 nitrogen and oxygen atoms in total. The van der Waals surface area contributed by atoms with Crippen molar-refractivity contribution in [3.05, 3.63) is 52.8 Å². The van der Waals surface area contributed by atoms with E-state index in [1.54, 1.807) is 18.2 Å². The molecule has 1 aromatic carbocycles. The van der Waals surface area contributed by atoms with E-state index in [4.69, 9.17) is 11.6 Å². The summed E-state index contributed by atoms with van der Waals surface area (Å²) in [5.74, 6) is 0.261. The van der Waals surface area contributed by atoms with Gasteiger partial charge in [0.2, 0.25) is 5.91 Å². The van der Waals surface area contributed by atoms with Crippen molar-refractivity contribution in [3.8, 4) is 5.75 Å². The molecule has 0 unspecified atom stereocenters. The van der Waals surface area contributed by atoms with Crippen molar-refractivity contribution in [1.82, 2.24) is 10.3 Å². The average Bonchev–Trinajstić information content (AvgIpc) is 2.63. The number of carbonyl (C=O) groups is 2. The van der Waals surface area contributed by atoms with Gasteiger partial charge in [0, 0.05) is 29.0 Å². The molecular formula is C21H24ClN3O3. The average molecular weight is 402 g/mol. The molecule has 1 heterocycles. The molecule has 0 saturated heterocycles. The van der Waals surface area contributed by atoms with Gasteiger partial charge in [-0.15, -0.1) is 0 Å². The summed E-state index contributed by atoms with van der Waals surface area (Å²) < 4.78 is 0. The molecule has 0 bridgehead atoms. The first-order chi connectivity index (χ1) is 13.5. The molecule has 2 aromatic rings. The number of phenolic OH excluding ortho intramolecular Hbond substituents is 1. The highest BCUT2D eigenvalue weighted by Crippen LogP contribution is 2.30. The number of phenols is 1. The summed E-state index contributed by atoms with van der Waals surface area (Å²) in [5, 5.41) is 15.9. The SMILES string of the molecule is O=C(Cc1cc(Cl)ccc1O)Nc1ccnc(C(=O)NCCCC2CCC2)c1. The molecule has 1 aliphatic carbocycles. The van der Waals surface area contributed by atoms with Gasteiger partial charge in [-0.05, 0) is 49.1 Å². The van der Waals surface area contributed by atoms with E-state index in [2.05, 4.69) is 15.6 Å². The number of nitrogens with one attached hydrogen (secondary N) is 2. The van der Waals surface area contributed by atoms with Crippen molar-refractivity contribution in [2.24, 2.45) is 5.92 Å². The van der Waals surface area contributed by atoms with Crippen molar-refractivity contribution in [1.29, 1.82) is 0 Å². The lowest BCUT2D eigenvalue weighted by atomic mass is 9.82. The van der Waals surface area contributed by atoms with Gasteiger partial charge in [0.25, 0.3) is 5.91 Å². The highest BCUT2D eigenvalue weighted by atomic mass is 35.5. The second-order valence-electron chi connectivity index (χ2n) is 7.12. The molecule has 0 radical (unpaired) electrons. The van der Waals surface area contributed by atoms with Gasteiger partial charge in [-0.25, -0.2) is 0 Å². The number of carbonyl (C=O) groups excluding carboxylic acids is 2. The van der Waals surface area contributed by atoms with Gasteiger partial charge in [-0.3, -0.25) is 14.6 Å². The van der Waals surface area contributed by atoms with Crippen LogP contribution in [0.3, 0.4) is 0 Å². The minimum absolute atomic E-state index is 0.0104. The lowest BCUT2D eigenvalue weighted by Crippen LogP contribution is -2.26. The maximum Gasteiger partial charge on any atom is 0.269 e. The molecule has 3 N–H and O–H groups in total. The number of hydrogen-bond acceptors (Lipinski definition) is 4. The monoisotopic (exact) mass is 401 g/mol. The van der Waals surface area contributed by atoms with Gasteiger partial charge in [-0.1, -0.05) is 30.9 Å². The number of amides is 2. The van der Waals surface area contributed by atoms with Crippen LogP contribution in [0.5, 0.6) is 5.75 Å². The summed E-state index contributed by atoms with van der Waals surface area (Å²) in [6.07, 6.45) is 7.52. The van der Waals surface area contributed by atoms with E-state index in [0.717, 1.165) is 18.8 Å². The van der Waals surface area contributed by atoms with Crippen LogP contribution in [0.15, 0.2) is 36.5 Å². The number of rotatable bonds is 8. The lowest BCUT2D eigenvalue weighted by molar-refractivity contribution is -0.115. The zero-order valence-corrected chi connectivity index (χ0v) is 16.3. The van der Waals surface area contributed by atoms with E-state index in [1.165, 1.54) is 37.6 Å². The van der Waals surface area contributed by atoms with Gasteiger partial charge in [-0.2, -0.15) is 0 Å². The first kappa shape index (κ1) is 20.1. The molecule has 1 aromatic heterocycles. The van der Waals surface area contributed by atoms with E-state index >= 15 is 0 Å². The summed E-state index contributed by atoms with van der Waals surface area (Å²) in [5.41, 5.74) is 1.16. The minimum atomic E-state index is -0.323. The third-order valence-electron chi connectivity index (χ3n) is 4.97. The predicted octanol–water partition coefficient (Wildman–Crippen LogP) is 3.93. The number of pyridine rings is 1. The number of aromatic hydroxyl groups is 1. The molecule has 3 rings (SSSR count). The van der Waals surface area contributed by atoms with E-state index in [-0.39, 0.29) is 29.7 Å². The first-order valence-corrected chi connectivity index (χ1v) is 9.90. The third-order valence-corrected chi connectivity index (χ3v) is 5.20. The fourth-order valence-electron chi connectivity index (χ4n) is 3.17. The Morgan fingerprint density at radius 1 is 1.21 bits per heavy atom. The van der Waals surface area contributed by atoms with Crippen LogP contribution in [0.25, 0.3) is 0 Å². The summed E-state index contributed by atoms with van der Waals surface area (Å²) in [6.45, 7) is 0.627. The van der Waals surface area contributed by atoms with Gasteiger partial charge in [0.05, 0.1) is 6.42 Å². The summed E-state index contributed by atoms with van der Waals surface area (Å²) in [6, 6.07) is 7.70. The largest absolute Gasteiger partial charge is 0.508 e. The fourth-order valence-corrected chi connectivity index (χ4v) is 3.37. The Hall–Kier alpha value is -2.60. The molecule has 7 heteroatoms. The van der Waals surface area contributed by atoms with Crippen LogP contribution in [-0.2, 0) is 11.2 Å². The molecule has 0 aliphatic heterocycles. The standard InChI is InChI=1S/C21H24ClN3O3/c22-16-6-7-19(26)15(11-16)12-20(27)25-17-8-10-23-18(13-17)21(28)24-9-2-5-14-3-1-4-14/h6-8,10-11,13-14,26H,1-5,9,12H2,(H,24,28)(H,23,25,27). The Balaban J connectivity index is 1.51. The Morgan fingerprint density at radius 2 is 2.04 bits per heavy atom. The van der Waals surface area contributed by atoms with Crippen molar-refractivity contribution in [2.75, 3.05) is 11.9 Å². The predicted molar refractivity (Wildman–Crippen MR) is 109 cm³/mol. The Bertz CT molecular complexity index is 853. The van der Waals surface area contributed by atoms with Crippen LogP contribution in [0, 0.1) is 5.92 Å². The fraction of sp³-hybridized carbons (Fsp3) is 0.381. The quantitative estimate of drug-likeness (QED) is 0.584. The van der Waals surface area contributed by atoms with E-state index < -0.39 is 0 Å². The summed E-state index contributed by atoms with van der Waals surface area (Å²) >= 11 is 5.90. The van der Waals surface area contributed by atoms with Gasteiger partial charge >= 0.3 is 0 Å². The molecule has 1 fully saturated rings. The normalized spacial score (nSPS) is 13.6. The maximum atomic E-state index is 12.3. The Kier molecular flexibility index (Phi) is 6.87. The Morgan fingerprint density at radius 3 is 2.79 bits per heavy atom. The summed E-state index contributed by atoms with van der Waals surface area (Å²) in [7, 11) is 0. The second-order valence-corrected chi connectivity index (χ2v) is 7.56. The molecule has 1 aliphatic rings. The molecule has 1 saturated carbocycles. The van der Waals surface area contributed by atoms with Crippen LogP contribution in [0.1, 0.15) is 48.2 Å². The number of aromatic nitrogens is 1. The van der Waals surface area contributed by atoms with Gasteiger partial charge in [0.1, 0.15) is 11.4 Å². The van der Waals surface area contributed by atoms with Crippen molar-refractivity contribution in [3.63, 3.8) is 0 Å². The highest BCUT2D eigenvalue weighted by molar-refractivity contribution is 6.30. The second kappa shape index (κ2) is 9.55. The van der Waals surface area contributed by atoms with E-state index in [1.807, 2.05) is 0 Å². The van der Waals surface area contributed by atoms with Crippen LogP contribution in [0.2, 0.25) is 5.02 Å². The first-order valence-electron chi connectivity index (χ1n) is 9.53. The molecular weight excluding hydrogens is 378 g/mol. The number of benzene rings is 1. The van der Waals surface area contributed by atoms with Gasteiger partial charge in [0.15, 0.2) is 0 Å². The lowest BCUT2D eigenvalue weighted by Gasteiger charge is -2.24. The van der Waals surface area contributed by atoms with Crippen LogP contribution in [-0.4, -0.2) is 28.4 Å². The van der Waals surface area contributed by atoms with E-state index in [9.17, 15) is 14.7 Å². The summed E-state index contributed by atoms with van der Waals surface area (Å²) in [4.78, 5) is 28.6. The van der Waals surface area contributed by atoms with Crippen molar-refractivity contribution < 1.29 is 14.7 Å². The molecule has 0 atom stereocenters. The minimum Gasteiger partial charge on any atom is -0.508 e. The number of hydrogen-bond donors (Lipinski definition) is 3. The Labute approximate surface area is 169 Å². The van der Waals surface area contributed by atoms with Crippen LogP contribution in [0.4, 0.5) is 5.69 Å². The van der Waals surface area contributed by atoms with E-state index in [0.29, 0.717) is 22.8 Å². The molecule has 2 amide bonds. The third kappa shape index (κ3) is 5.70. The van der Waals surface area contributed by atoms with Crippen LogP contribution >= 0.6 is 11.6 Å².